The van der Waals surface area contributed by atoms with Crippen molar-refractivity contribution in [2.45, 2.75) is 25.7 Å². The van der Waals surface area contributed by atoms with Crippen molar-refractivity contribution in [1.29, 1.82) is 0 Å². The Morgan fingerprint density at radius 2 is 1.43 bits per heavy atom. The number of carbonyl (C=O) groups excluding carboxylic acids is 1. The van der Waals surface area contributed by atoms with Gasteiger partial charge in [0, 0.05) is 26.2 Å². The summed E-state index contributed by atoms with van der Waals surface area (Å²) in [6.45, 7) is 5.97. The molecule has 0 radical (unpaired) electrons. The Kier molecular flexibility index (Phi) is 7.16. The SMILES string of the molecule is CCCN1CCN(CC(=O)NNc2cc(C(F)(F)F)cc(C(F)(F)F)c2)CC1. The van der Waals surface area contributed by atoms with Gasteiger partial charge in [-0.25, -0.2) is 0 Å². The summed E-state index contributed by atoms with van der Waals surface area (Å²) in [6.07, 6.45) is -8.86. The zero-order valence-electron chi connectivity index (χ0n) is 15.3. The molecule has 2 N–H and O–H groups in total. The zero-order valence-corrected chi connectivity index (χ0v) is 15.3. The lowest BCUT2D eigenvalue weighted by Gasteiger charge is -2.34. The first kappa shape index (κ1) is 22.3. The monoisotopic (exact) mass is 412 g/mol. The Morgan fingerprint density at radius 3 is 1.89 bits per heavy atom. The Hall–Kier alpha value is -2.01. The summed E-state index contributed by atoms with van der Waals surface area (Å²) < 4.78 is 77.0. The number of hydrazine groups is 1. The second-order valence-corrected chi connectivity index (χ2v) is 6.59. The minimum Gasteiger partial charge on any atom is -0.301 e. The van der Waals surface area contributed by atoms with Crippen molar-refractivity contribution in [3.8, 4) is 0 Å². The molecule has 11 heteroatoms. The third kappa shape index (κ3) is 6.55. The topological polar surface area (TPSA) is 47.6 Å². The highest BCUT2D eigenvalue weighted by Gasteiger charge is 2.37. The fourth-order valence-electron chi connectivity index (χ4n) is 2.90. The average molecular weight is 412 g/mol. The summed E-state index contributed by atoms with van der Waals surface area (Å²) in [5, 5.41) is 0. The number of piperazine rings is 1. The molecule has 0 unspecified atom stereocenters. The molecule has 0 saturated carbocycles. The molecule has 1 aromatic carbocycles. The van der Waals surface area contributed by atoms with Gasteiger partial charge in [-0.1, -0.05) is 6.92 Å². The molecule has 0 atom stereocenters. The highest BCUT2D eigenvalue weighted by molar-refractivity contribution is 5.79. The third-order valence-corrected chi connectivity index (χ3v) is 4.31. The van der Waals surface area contributed by atoms with E-state index in [-0.39, 0.29) is 12.6 Å². The molecule has 1 saturated heterocycles. The minimum absolute atomic E-state index is 0.00193. The Labute approximate surface area is 158 Å². The number of hydrogen-bond donors (Lipinski definition) is 2. The molecule has 2 rings (SSSR count). The maximum absolute atomic E-state index is 12.8. The Morgan fingerprint density at radius 1 is 0.929 bits per heavy atom. The van der Waals surface area contributed by atoms with E-state index in [4.69, 9.17) is 0 Å². The van der Waals surface area contributed by atoms with Gasteiger partial charge in [0.05, 0.1) is 23.4 Å². The van der Waals surface area contributed by atoms with Crippen molar-refractivity contribution in [2.24, 2.45) is 0 Å². The first-order chi connectivity index (χ1) is 13.0. The van der Waals surface area contributed by atoms with Crippen LogP contribution in [0, 0.1) is 0 Å². The normalized spacial score (nSPS) is 16.8. The molecule has 0 aliphatic carbocycles. The number of hydrogen-bond acceptors (Lipinski definition) is 4. The van der Waals surface area contributed by atoms with Crippen LogP contribution in [0.15, 0.2) is 18.2 Å². The van der Waals surface area contributed by atoms with Crippen molar-refractivity contribution in [1.82, 2.24) is 15.2 Å². The highest BCUT2D eigenvalue weighted by atomic mass is 19.4. The second kappa shape index (κ2) is 8.99. The summed E-state index contributed by atoms with van der Waals surface area (Å²) in [6, 6.07) is 1.06. The predicted octanol–water partition coefficient (Wildman–Crippen LogP) is 3.19. The molecule has 1 fully saturated rings. The second-order valence-electron chi connectivity index (χ2n) is 6.59. The first-order valence-corrected chi connectivity index (χ1v) is 8.78. The quantitative estimate of drug-likeness (QED) is 0.557. The van der Waals surface area contributed by atoms with E-state index in [9.17, 15) is 31.1 Å². The van der Waals surface area contributed by atoms with Crippen molar-refractivity contribution in [2.75, 3.05) is 44.7 Å². The van der Waals surface area contributed by atoms with Crippen LogP contribution in [-0.4, -0.2) is 55.0 Å². The fourth-order valence-corrected chi connectivity index (χ4v) is 2.90. The number of anilines is 1. The van der Waals surface area contributed by atoms with E-state index >= 15 is 0 Å². The van der Waals surface area contributed by atoms with Crippen LogP contribution in [0.4, 0.5) is 32.0 Å². The molecule has 5 nitrogen and oxygen atoms in total. The lowest BCUT2D eigenvalue weighted by Crippen LogP contribution is -2.50. The maximum Gasteiger partial charge on any atom is 0.416 e. The lowest BCUT2D eigenvalue weighted by molar-refractivity contribution is -0.143. The largest absolute Gasteiger partial charge is 0.416 e. The van der Waals surface area contributed by atoms with E-state index in [0.29, 0.717) is 25.2 Å². The number of nitrogens with one attached hydrogen (secondary N) is 2. The summed E-state index contributed by atoms with van der Waals surface area (Å²) in [4.78, 5) is 16.1. The van der Waals surface area contributed by atoms with Gasteiger partial charge >= 0.3 is 12.4 Å². The van der Waals surface area contributed by atoms with Crippen LogP contribution in [0.1, 0.15) is 24.5 Å². The summed E-state index contributed by atoms with van der Waals surface area (Å²) >= 11 is 0. The molecule has 28 heavy (non-hydrogen) atoms. The number of nitrogens with zero attached hydrogens (tertiary/aromatic N) is 2. The van der Waals surface area contributed by atoms with Gasteiger partial charge in [-0.05, 0) is 31.2 Å². The summed E-state index contributed by atoms with van der Waals surface area (Å²) in [7, 11) is 0. The number of benzene rings is 1. The predicted molar refractivity (Wildman–Crippen MR) is 91.4 cm³/mol. The van der Waals surface area contributed by atoms with E-state index < -0.39 is 35.1 Å². The highest BCUT2D eigenvalue weighted by Crippen LogP contribution is 2.37. The van der Waals surface area contributed by atoms with Gasteiger partial charge in [0.15, 0.2) is 0 Å². The molecule has 158 valence electrons. The summed E-state index contributed by atoms with van der Waals surface area (Å²) in [5.41, 5.74) is 0.910. The van der Waals surface area contributed by atoms with Gasteiger partial charge in [0.1, 0.15) is 0 Å². The number of halogens is 6. The van der Waals surface area contributed by atoms with Crippen LogP contribution in [0.2, 0.25) is 0 Å². The Balaban J connectivity index is 1.95. The fraction of sp³-hybridized carbons (Fsp3) is 0.588. The molecule has 1 aliphatic rings. The van der Waals surface area contributed by atoms with Crippen LogP contribution < -0.4 is 10.9 Å². The smallest absolute Gasteiger partial charge is 0.301 e. The third-order valence-electron chi connectivity index (χ3n) is 4.31. The molecule has 1 heterocycles. The first-order valence-electron chi connectivity index (χ1n) is 8.78. The van der Waals surface area contributed by atoms with Crippen molar-refractivity contribution >= 4 is 11.6 Å². The van der Waals surface area contributed by atoms with Crippen molar-refractivity contribution in [3.63, 3.8) is 0 Å². The van der Waals surface area contributed by atoms with Crippen molar-refractivity contribution < 1.29 is 31.1 Å². The van der Waals surface area contributed by atoms with Crippen LogP contribution in [0.5, 0.6) is 0 Å². The number of alkyl halides is 6. The molecule has 0 bridgehead atoms. The van der Waals surface area contributed by atoms with Gasteiger partial charge in [-0.2, -0.15) is 26.3 Å². The number of amides is 1. The minimum atomic E-state index is -4.94. The van der Waals surface area contributed by atoms with Crippen LogP contribution in [0.25, 0.3) is 0 Å². The van der Waals surface area contributed by atoms with Crippen LogP contribution in [-0.2, 0) is 17.1 Å². The van der Waals surface area contributed by atoms with Gasteiger partial charge in [-0.3, -0.25) is 20.5 Å². The van der Waals surface area contributed by atoms with Crippen molar-refractivity contribution in [3.05, 3.63) is 29.3 Å². The van der Waals surface area contributed by atoms with Gasteiger partial charge in [0.2, 0.25) is 0 Å². The molecule has 0 spiro atoms. The Bertz CT molecular complexity index is 636. The van der Waals surface area contributed by atoms with E-state index in [1.165, 1.54) is 0 Å². The van der Waals surface area contributed by atoms with E-state index in [1.54, 1.807) is 0 Å². The molecular formula is C17H22F6N4O. The standard InChI is InChI=1S/C17H22F6N4O/c1-2-3-26-4-6-27(7-5-26)11-15(28)25-24-14-9-12(16(18,19)20)8-13(10-14)17(21,22)23/h8-10,24H,2-7,11H2,1H3,(H,25,28). The number of carbonyl (C=O) groups is 1. The summed E-state index contributed by atoms with van der Waals surface area (Å²) in [5.74, 6) is -0.546. The lowest BCUT2D eigenvalue weighted by atomic mass is 10.1. The van der Waals surface area contributed by atoms with Gasteiger partial charge in [0.25, 0.3) is 5.91 Å². The van der Waals surface area contributed by atoms with E-state index in [2.05, 4.69) is 22.7 Å². The number of rotatable bonds is 6. The molecular weight excluding hydrogens is 390 g/mol. The van der Waals surface area contributed by atoms with Crippen LogP contribution in [0.3, 0.4) is 0 Å². The maximum atomic E-state index is 12.8. The van der Waals surface area contributed by atoms with E-state index in [1.807, 2.05) is 4.90 Å². The average Bonchev–Trinajstić information content (AvgIpc) is 2.60. The van der Waals surface area contributed by atoms with E-state index in [0.717, 1.165) is 26.1 Å². The molecule has 0 aromatic heterocycles. The molecule has 1 amide bonds. The van der Waals surface area contributed by atoms with Gasteiger partial charge in [-0.15, -0.1) is 0 Å². The van der Waals surface area contributed by atoms with Gasteiger partial charge < -0.3 is 4.90 Å². The zero-order chi connectivity index (χ0) is 20.9. The molecule has 1 aliphatic heterocycles. The molecule has 1 aromatic rings. The van der Waals surface area contributed by atoms with Crippen LogP contribution >= 0.6 is 0 Å².